The van der Waals surface area contributed by atoms with Gasteiger partial charge in [-0.05, 0) is 19.1 Å². The molecule has 0 aromatic carbocycles. The third-order valence-electron chi connectivity index (χ3n) is 2.04. The van der Waals surface area contributed by atoms with Crippen LogP contribution in [0.3, 0.4) is 0 Å². The van der Waals surface area contributed by atoms with Crippen LogP contribution in [0.1, 0.15) is 6.92 Å². The van der Waals surface area contributed by atoms with Gasteiger partial charge in [-0.3, -0.25) is 9.29 Å². The molecule has 0 aliphatic carbocycles. The number of nitriles is 1. The van der Waals surface area contributed by atoms with Crippen LogP contribution in [0, 0.1) is 11.3 Å². The largest absolute Gasteiger partial charge is 0.272 e. The Morgan fingerprint density at radius 1 is 1.47 bits per heavy atom. The second-order valence-corrected chi connectivity index (χ2v) is 5.27. The Bertz CT molecular complexity index is 464. The van der Waals surface area contributed by atoms with Gasteiger partial charge in [0, 0.05) is 19.4 Å². The summed E-state index contributed by atoms with van der Waals surface area (Å²) in [6.07, 6.45) is 3.00. The molecular weight excluding hydrogens is 214 g/mol. The van der Waals surface area contributed by atoms with Crippen molar-refractivity contribution in [1.29, 1.82) is 5.26 Å². The summed E-state index contributed by atoms with van der Waals surface area (Å²) in [5.41, 5.74) is 0.493. The van der Waals surface area contributed by atoms with Crippen LogP contribution in [-0.4, -0.2) is 25.7 Å². The molecule has 0 amide bonds. The van der Waals surface area contributed by atoms with E-state index in [1.54, 1.807) is 18.2 Å². The van der Waals surface area contributed by atoms with Gasteiger partial charge in [0.25, 0.3) is 10.0 Å². The fraction of sp³-hybridized carbons (Fsp3) is 0.333. The quantitative estimate of drug-likeness (QED) is 0.761. The highest BCUT2D eigenvalue weighted by molar-refractivity contribution is 7.93. The molecular formula is C9H11N3O2S. The van der Waals surface area contributed by atoms with Crippen LogP contribution in [0.15, 0.2) is 24.5 Å². The molecule has 0 saturated heterocycles. The van der Waals surface area contributed by atoms with Gasteiger partial charge in [0.2, 0.25) is 0 Å². The van der Waals surface area contributed by atoms with Crippen molar-refractivity contribution in [2.24, 2.45) is 0 Å². The van der Waals surface area contributed by atoms with E-state index in [0.29, 0.717) is 5.69 Å². The summed E-state index contributed by atoms with van der Waals surface area (Å²) in [7, 11) is -2.18. The summed E-state index contributed by atoms with van der Waals surface area (Å²) in [5, 5.41) is 7.54. The molecule has 80 valence electrons. The van der Waals surface area contributed by atoms with Crippen molar-refractivity contribution in [3.8, 4) is 6.07 Å². The molecule has 1 aromatic rings. The summed E-state index contributed by atoms with van der Waals surface area (Å²) in [5.74, 6) is 0. The molecule has 1 unspecified atom stereocenters. The average Bonchev–Trinajstić information content (AvgIpc) is 2.28. The van der Waals surface area contributed by atoms with Crippen molar-refractivity contribution >= 4 is 15.7 Å². The Kier molecular flexibility index (Phi) is 3.27. The molecule has 1 heterocycles. The zero-order chi connectivity index (χ0) is 11.5. The SMILES string of the molecule is CC(C#N)S(=O)(=O)N(C)c1ccncc1. The monoisotopic (exact) mass is 225 g/mol. The molecule has 0 N–H and O–H groups in total. The van der Waals surface area contributed by atoms with E-state index in [4.69, 9.17) is 5.26 Å². The summed E-state index contributed by atoms with van der Waals surface area (Å²) in [6.45, 7) is 1.35. The van der Waals surface area contributed by atoms with Crippen molar-refractivity contribution in [1.82, 2.24) is 4.98 Å². The predicted octanol–water partition coefficient (Wildman–Crippen LogP) is 0.760. The van der Waals surface area contributed by atoms with Crippen molar-refractivity contribution in [3.63, 3.8) is 0 Å². The zero-order valence-electron chi connectivity index (χ0n) is 8.45. The number of hydrogen-bond acceptors (Lipinski definition) is 4. The molecule has 0 aliphatic heterocycles. The first kappa shape index (κ1) is 11.5. The van der Waals surface area contributed by atoms with Gasteiger partial charge in [-0.1, -0.05) is 0 Å². The standard InChI is InChI=1S/C9H11N3O2S/c1-8(7-10)15(13,14)12(2)9-3-5-11-6-4-9/h3-6,8H,1-2H3. The predicted molar refractivity (Wildman–Crippen MR) is 56.6 cm³/mol. The molecule has 0 bridgehead atoms. The molecule has 6 heteroatoms. The van der Waals surface area contributed by atoms with Gasteiger partial charge in [0.15, 0.2) is 5.25 Å². The normalized spacial score (nSPS) is 12.9. The Balaban J connectivity index is 3.07. The van der Waals surface area contributed by atoms with Crippen molar-refractivity contribution in [2.45, 2.75) is 12.2 Å². The second kappa shape index (κ2) is 4.28. The second-order valence-electron chi connectivity index (χ2n) is 2.99. The topological polar surface area (TPSA) is 74.1 Å². The summed E-state index contributed by atoms with van der Waals surface area (Å²) in [6, 6.07) is 4.85. The van der Waals surface area contributed by atoms with Crippen molar-refractivity contribution in [3.05, 3.63) is 24.5 Å². The van der Waals surface area contributed by atoms with Gasteiger partial charge in [0.05, 0.1) is 11.8 Å². The lowest BCUT2D eigenvalue weighted by Crippen LogP contribution is -2.33. The highest BCUT2D eigenvalue weighted by Gasteiger charge is 2.25. The molecule has 0 spiro atoms. The minimum absolute atomic E-state index is 0.493. The number of rotatable bonds is 3. The van der Waals surface area contributed by atoms with Crippen LogP contribution in [0.25, 0.3) is 0 Å². The first-order valence-electron chi connectivity index (χ1n) is 4.27. The number of anilines is 1. The van der Waals surface area contributed by atoms with Crippen LogP contribution in [0.2, 0.25) is 0 Å². The number of sulfonamides is 1. The lowest BCUT2D eigenvalue weighted by atomic mass is 10.4. The minimum Gasteiger partial charge on any atom is -0.272 e. The van der Waals surface area contributed by atoms with Crippen LogP contribution < -0.4 is 4.31 Å². The van der Waals surface area contributed by atoms with Crippen molar-refractivity contribution < 1.29 is 8.42 Å². The lowest BCUT2D eigenvalue weighted by Gasteiger charge is -2.20. The van der Waals surface area contributed by atoms with Crippen LogP contribution in [0.4, 0.5) is 5.69 Å². The first-order chi connectivity index (χ1) is 7.00. The highest BCUT2D eigenvalue weighted by Crippen LogP contribution is 2.16. The summed E-state index contributed by atoms with van der Waals surface area (Å²) in [4.78, 5) is 3.79. The van der Waals surface area contributed by atoms with E-state index >= 15 is 0 Å². The van der Waals surface area contributed by atoms with E-state index in [0.717, 1.165) is 4.31 Å². The van der Waals surface area contributed by atoms with E-state index < -0.39 is 15.3 Å². The molecule has 0 saturated carbocycles. The Labute approximate surface area is 89.0 Å². The maximum atomic E-state index is 11.7. The van der Waals surface area contributed by atoms with E-state index in [1.165, 1.54) is 26.4 Å². The molecule has 0 radical (unpaired) electrons. The van der Waals surface area contributed by atoms with Crippen LogP contribution >= 0.6 is 0 Å². The van der Waals surface area contributed by atoms with E-state index in [9.17, 15) is 8.42 Å². The van der Waals surface area contributed by atoms with Gasteiger partial charge in [-0.2, -0.15) is 5.26 Å². The third-order valence-corrected chi connectivity index (χ3v) is 4.01. The van der Waals surface area contributed by atoms with Gasteiger partial charge < -0.3 is 0 Å². The smallest absolute Gasteiger partial charge is 0.251 e. The number of aromatic nitrogens is 1. The molecule has 1 aromatic heterocycles. The molecule has 15 heavy (non-hydrogen) atoms. The minimum atomic E-state index is -3.60. The van der Waals surface area contributed by atoms with E-state index in [-0.39, 0.29) is 0 Å². The van der Waals surface area contributed by atoms with Crippen molar-refractivity contribution in [2.75, 3.05) is 11.4 Å². The highest BCUT2D eigenvalue weighted by atomic mass is 32.2. The zero-order valence-corrected chi connectivity index (χ0v) is 9.27. The molecule has 0 fully saturated rings. The van der Waals surface area contributed by atoms with E-state index in [1.807, 2.05) is 0 Å². The van der Waals surface area contributed by atoms with Gasteiger partial charge >= 0.3 is 0 Å². The van der Waals surface area contributed by atoms with Gasteiger partial charge in [-0.25, -0.2) is 8.42 Å². The Hall–Kier alpha value is -1.61. The maximum Gasteiger partial charge on any atom is 0.251 e. The molecule has 1 rings (SSSR count). The molecule has 5 nitrogen and oxygen atoms in total. The first-order valence-corrected chi connectivity index (χ1v) is 5.78. The lowest BCUT2D eigenvalue weighted by molar-refractivity contribution is 0.590. The average molecular weight is 225 g/mol. The maximum absolute atomic E-state index is 11.7. The van der Waals surface area contributed by atoms with Gasteiger partial charge in [-0.15, -0.1) is 0 Å². The Morgan fingerprint density at radius 3 is 2.47 bits per heavy atom. The van der Waals surface area contributed by atoms with Gasteiger partial charge in [0.1, 0.15) is 0 Å². The number of nitrogens with zero attached hydrogens (tertiary/aromatic N) is 3. The number of hydrogen-bond donors (Lipinski definition) is 0. The molecule has 1 atom stereocenters. The fourth-order valence-electron chi connectivity index (χ4n) is 1.00. The molecule has 0 aliphatic rings. The fourth-order valence-corrected chi connectivity index (χ4v) is 2.03. The Morgan fingerprint density at radius 2 is 2.00 bits per heavy atom. The summed E-state index contributed by atoms with van der Waals surface area (Å²) < 4.78 is 24.6. The number of pyridine rings is 1. The summed E-state index contributed by atoms with van der Waals surface area (Å²) >= 11 is 0. The van der Waals surface area contributed by atoms with Crippen LogP contribution in [0.5, 0.6) is 0 Å². The van der Waals surface area contributed by atoms with Crippen LogP contribution in [-0.2, 0) is 10.0 Å². The third kappa shape index (κ3) is 2.25. The van der Waals surface area contributed by atoms with E-state index in [2.05, 4.69) is 4.98 Å².